The highest BCUT2D eigenvalue weighted by Crippen LogP contribution is 2.48. The summed E-state index contributed by atoms with van der Waals surface area (Å²) in [5, 5.41) is 0. The van der Waals surface area contributed by atoms with Crippen LogP contribution in [0.25, 0.3) is 0 Å². The fraction of sp³-hybridized carbons (Fsp3) is 0.650. The van der Waals surface area contributed by atoms with Gasteiger partial charge in [-0.3, -0.25) is 4.79 Å². The Hall–Kier alpha value is -1.55. The molecule has 4 nitrogen and oxygen atoms in total. The van der Waals surface area contributed by atoms with Crippen LogP contribution in [0.15, 0.2) is 24.3 Å². The van der Waals surface area contributed by atoms with Gasteiger partial charge in [0, 0.05) is 32.0 Å². The number of nitrogens with zero attached hydrogens (tertiary/aromatic N) is 1. The van der Waals surface area contributed by atoms with Crippen LogP contribution in [0.3, 0.4) is 0 Å². The topological polar surface area (TPSA) is 55.6 Å². The molecule has 1 heterocycles. The first kappa shape index (κ1) is 15.9. The van der Waals surface area contributed by atoms with Crippen molar-refractivity contribution in [3.8, 4) is 5.75 Å². The van der Waals surface area contributed by atoms with Crippen molar-refractivity contribution in [1.82, 2.24) is 4.90 Å². The molecule has 24 heavy (non-hydrogen) atoms. The molecule has 1 saturated heterocycles. The van der Waals surface area contributed by atoms with Crippen LogP contribution in [0.1, 0.15) is 37.7 Å². The number of carbonyl (C=O) groups excluding carboxylic acids is 1. The molecule has 1 aromatic rings. The Morgan fingerprint density at radius 2 is 1.75 bits per heavy atom. The zero-order valence-electron chi connectivity index (χ0n) is 14.5. The number of carbonyl (C=O) groups is 1. The van der Waals surface area contributed by atoms with E-state index in [1.54, 1.807) is 0 Å². The van der Waals surface area contributed by atoms with Crippen molar-refractivity contribution in [2.45, 2.75) is 51.2 Å². The lowest BCUT2D eigenvalue weighted by molar-refractivity contribution is -0.139. The molecule has 2 aliphatic carbocycles. The molecule has 4 rings (SSSR count). The summed E-state index contributed by atoms with van der Waals surface area (Å²) in [5.41, 5.74) is 7.58. The van der Waals surface area contributed by atoms with Crippen molar-refractivity contribution in [3.05, 3.63) is 29.8 Å². The second-order valence-electron chi connectivity index (χ2n) is 7.89. The smallest absolute Gasteiger partial charge is 0.227 e. The maximum absolute atomic E-state index is 12.9. The number of nitrogens with two attached hydrogens (primary N) is 1. The monoisotopic (exact) mass is 328 g/mol. The van der Waals surface area contributed by atoms with E-state index in [0.29, 0.717) is 17.7 Å². The van der Waals surface area contributed by atoms with Crippen LogP contribution in [0.2, 0.25) is 0 Å². The minimum atomic E-state index is 0.0818. The van der Waals surface area contributed by atoms with Crippen molar-refractivity contribution >= 4 is 5.91 Å². The average molecular weight is 328 g/mol. The van der Waals surface area contributed by atoms with Gasteiger partial charge < -0.3 is 15.4 Å². The number of rotatable bonds is 3. The highest BCUT2D eigenvalue weighted by molar-refractivity contribution is 5.80. The van der Waals surface area contributed by atoms with Crippen LogP contribution < -0.4 is 10.5 Å². The predicted octanol–water partition coefficient (Wildman–Crippen LogP) is 2.74. The van der Waals surface area contributed by atoms with Crippen molar-refractivity contribution in [2.24, 2.45) is 23.5 Å². The van der Waals surface area contributed by atoms with E-state index in [0.717, 1.165) is 31.7 Å². The maximum Gasteiger partial charge on any atom is 0.227 e. The van der Waals surface area contributed by atoms with Gasteiger partial charge in [-0.05, 0) is 50.2 Å². The van der Waals surface area contributed by atoms with E-state index in [4.69, 9.17) is 10.5 Å². The molecule has 1 aliphatic heterocycles. The molecule has 0 aromatic heterocycles. The Labute approximate surface area is 144 Å². The Balaban J connectivity index is 1.31. The van der Waals surface area contributed by atoms with Gasteiger partial charge in [0.2, 0.25) is 5.91 Å². The van der Waals surface area contributed by atoms with E-state index < -0.39 is 0 Å². The number of likely N-dealkylation sites (tertiary alicyclic amines) is 1. The molecule has 130 valence electrons. The Bertz CT molecular complexity index is 590. The van der Waals surface area contributed by atoms with E-state index >= 15 is 0 Å². The summed E-state index contributed by atoms with van der Waals surface area (Å²) < 4.78 is 6.07. The molecule has 1 amide bonds. The van der Waals surface area contributed by atoms with E-state index in [1.807, 2.05) is 17.0 Å². The average Bonchev–Trinajstić information content (AvgIpc) is 3.18. The third kappa shape index (κ3) is 2.92. The molecule has 4 heteroatoms. The van der Waals surface area contributed by atoms with Gasteiger partial charge in [0.05, 0.1) is 5.92 Å². The lowest BCUT2D eigenvalue weighted by Crippen LogP contribution is -2.50. The molecular formula is C20H28N2O2. The largest absolute Gasteiger partial charge is 0.490 e. The van der Waals surface area contributed by atoms with Crippen molar-refractivity contribution in [1.29, 1.82) is 0 Å². The summed E-state index contributed by atoms with van der Waals surface area (Å²) in [6.07, 6.45) is 5.63. The second-order valence-corrected chi connectivity index (χ2v) is 7.89. The summed E-state index contributed by atoms with van der Waals surface area (Å²) in [4.78, 5) is 15.0. The van der Waals surface area contributed by atoms with Gasteiger partial charge in [0.15, 0.2) is 0 Å². The lowest BCUT2D eigenvalue weighted by atomic mass is 9.83. The van der Waals surface area contributed by atoms with Gasteiger partial charge in [-0.25, -0.2) is 0 Å². The molecule has 1 aromatic carbocycles. The molecule has 0 unspecified atom stereocenters. The first-order chi connectivity index (χ1) is 11.6. The van der Waals surface area contributed by atoms with E-state index in [9.17, 15) is 4.79 Å². The van der Waals surface area contributed by atoms with Crippen LogP contribution in [0, 0.1) is 24.7 Å². The van der Waals surface area contributed by atoms with Crippen LogP contribution in [0.4, 0.5) is 0 Å². The molecule has 0 spiro atoms. The third-order valence-corrected chi connectivity index (χ3v) is 6.34. The van der Waals surface area contributed by atoms with E-state index in [-0.39, 0.29) is 18.1 Å². The highest BCUT2D eigenvalue weighted by Gasteiger charge is 2.50. The number of hydrogen-bond donors (Lipinski definition) is 1. The molecule has 2 N–H and O–H groups in total. The van der Waals surface area contributed by atoms with Gasteiger partial charge in [0.25, 0.3) is 0 Å². The molecule has 3 fully saturated rings. The first-order valence-electron chi connectivity index (χ1n) is 9.39. The van der Waals surface area contributed by atoms with E-state index in [2.05, 4.69) is 19.1 Å². The zero-order valence-corrected chi connectivity index (χ0v) is 14.5. The highest BCUT2D eigenvalue weighted by atomic mass is 16.5. The molecule has 2 bridgehead atoms. The van der Waals surface area contributed by atoms with Gasteiger partial charge in [-0.2, -0.15) is 0 Å². The fourth-order valence-electron chi connectivity index (χ4n) is 4.92. The van der Waals surface area contributed by atoms with Gasteiger partial charge in [0.1, 0.15) is 11.9 Å². The van der Waals surface area contributed by atoms with Crippen LogP contribution in [-0.4, -0.2) is 36.0 Å². The number of amides is 1. The molecular weight excluding hydrogens is 300 g/mol. The van der Waals surface area contributed by atoms with Gasteiger partial charge in [-0.1, -0.05) is 17.7 Å². The number of benzene rings is 1. The molecule has 3 aliphatic rings. The summed E-state index contributed by atoms with van der Waals surface area (Å²) in [7, 11) is 0. The minimum Gasteiger partial charge on any atom is -0.490 e. The Kier molecular flexibility index (Phi) is 4.25. The SMILES string of the molecule is Cc1ccc(OC2CCN(C(=O)[C@@H]3[C@@H]4CC[C@@H](C4)[C@@H]3N)CC2)cc1. The van der Waals surface area contributed by atoms with Crippen LogP contribution in [-0.2, 0) is 4.79 Å². The summed E-state index contributed by atoms with van der Waals surface area (Å²) in [6, 6.07) is 8.30. The van der Waals surface area contributed by atoms with Crippen molar-refractivity contribution in [3.63, 3.8) is 0 Å². The quantitative estimate of drug-likeness (QED) is 0.928. The Morgan fingerprint density at radius 1 is 1.08 bits per heavy atom. The molecule has 2 saturated carbocycles. The van der Waals surface area contributed by atoms with Gasteiger partial charge >= 0.3 is 0 Å². The summed E-state index contributed by atoms with van der Waals surface area (Å²) >= 11 is 0. The Morgan fingerprint density at radius 3 is 2.38 bits per heavy atom. The summed E-state index contributed by atoms with van der Waals surface area (Å²) in [6.45, 7) is 3.68. The first-order valence-corrected chi connectivity index (χ1v) is 9.39. The number of fused-ring (bicyclic) bond motifs is 2. The normalized spacial score (nSPS) is 33.0. The number of piperidine rings is 1. The predicted molar refractivity (Wildman–Crippen MR) is 93.7 cm³/mol. The second kappa shape index (κ2) is 6.40. The van der Waals surface area contributed by atoms with E-state index in [1.165, 1.54) is 24.8 Å². The number of ether oxygens (including phenoxy) is 1. The minimum absolute atomic E-state index is 0.0818. The molecule has 4 atom stereocenters. The van der Waals surface area contributed by atoms with Gasteiger partial charge in [-0.15, -0.1) is 0 Å². The number of aryl methyl sites for hydroxylation is 1. The summed E-state index contributed by atoms with van der Waals surface area (Å²) in [5.74, 6) is 2.45. The van der Waals surface area contributed by atoms with Crippen molar-refractivity contribution in [2.75, 3.05) is 13.1 Å². The number of hydrogen-bond acceptors (Lipinski definition) is 3. The van der Waals surface area contributed by atoms with Crippen LogP contribution in [0.5, 0.6) is 5.75 Å². The third-order valence-electron chi connectivity index (χ3n) is 6.34. The maximum atomic E-state index is 12.9. The fourth-order valence-corrected chi connectivity index (χ4v) is 4.92. The van der Waals surface area contributed by atoms with Crippen LogP contribution >= 0.6 is 0 Å². The standard InChI is InChI=1S/C20H28N2O2/c1-13-2-6-16(7-3-13)24-17-8-10-22(11-9-17)20(23)18-14-4-5-15(12-14)19(18)21/h2-3,6-7,14-15,17-19H,4-5,8-12,21H2,1H3/t14-,15+,18-,19+/m1/s1. The molecule has 0 radical (unpaired) electrons. The zero-order chi connectivity index (χ0) is 16.7. The lowest BCUT2D eigenvalue weighted by Gasteiger charge is -2.37. The van der Waals surface area contributed by atoms with Crippen molar-refractivity contribution < 1.29 is 9.53 Å².